The maximum Gasteiger partial charge on any atom is 0.290 e. The average Bonchev–Trinajstić information content (AvgIpc) is 2.25. The lowest BCUT2D eigenvalue weighted by molar-refractivity contribution is -0.385. The van der Waals surface area contributed by atoms with Crippen molar-refractivity contribution < 1.29 is 9.13 Å². The number of nitrogens with zero attached hydrogens (tertiary/aromatic N) is 2. The molecular formula is C10H15N3O3S. The normalized spacial score (nSPS) is 14.1. The maximum absolute atomic E-state index is 11.1. The Morgan fingerprint density at radius 1 is 1.59 bits per heavy atom. The zero-order valence-electron chi connectivity index (χ0n) is 9.97. The van der Waals surface area contributed by atoms with Crippen molar-refractivity contribution in [3.63, 3.8) is 0 Å². The van der Waals surface area contributed by atoms with Crippen LogP contribution in [0.4, 0.5) is 11.5 Å². The van der Waals surface area contributed by atoms with E-state index in [4.69, 9.17) is 0 Å². The van der Waals surface area contributed by atoms with Crippen LogP contribution >= 0.6 is 0 Å². The molecule has 1 N–H and O–H groups in total. The van der Waals surface area contributed by atoms with E-state index in [1.807, 2.05) is 6.92 Å². The van der Waals surface area contributed by atoms with Crippen LogP contribution in [0.2, 0.25) is 0 Å². The Labute approximate surface area is 102 Å². The predicted octanol–water partition coefficient (Wildman–Crippen LogP) is 1.48. The Kier molecular flexibility index (Phi) is 4.56. The summed E-state index contributed by atoms with van der Waals surface area (Å²) in [6.45, 7) is 3.97. The van der Waals surface area contributed by atoms with Crippen LogP contribution in [-0.2, 0) is 10.8 Å². The van der Waals surface area contributed by atoms with Crippen LogP contribution in [0.5, 0.6) is 0 Å². The van der Waals surface area contributed by atoms with Gasteiger partial charge >= 0.3 is 0 Å². The van der Waals surface area contributed by atoms with E-state index in [1.54, 1.807) is 19.2 Å². The van der Waals surface area contributed by atoms with Gasteiger partial charge in [-0.2, -0.15) is 0 Å². The van der Waals surface area contributed by atoms with Gasteiger partial charge in [-0.1, -0.05) is 0 Å². The number of rotatable bonds is 5. The first-order chi connectivity index (χ1) is 7.91. The molecule has 2 atom stereocenters. The van der Waals surface area contributed by atoms with Gasteiger partial charge < -0.3 is 5.32 Å². The third-order valence-electron chi connectivity index (χ3n) is 2.39. The van der Waals surface area contributed by atoms with E-state index < -0.39 is 15.7 Å². The number of hydrogen-bond acceptors (Lipinski definition) is 5. The highest BCUT2D eigenvalue weighted by Gasteiger charge is 2.12. The molecule has 0 aromatic carbocycles. The number of nitrogens with one attached hydrogen (secondary N) is 1. The van der Waals surface area contributed by atoms with Gasteiger partial charge in [0, 0.05) is 34.9 Å². The molecular weight excluding hydrogens is 242 g/mol. The molecule has 1 aromatic heterocycles. The number of aromatic nitrogens is 1. The molecule has 7 heteroatoms. The molecule has 0 spiro atoms. The molecule has 0 saturated heterocycles. The molecule has 2 unspecified atom stereocenters. The van der Waals surface area contributed by atoms with E-state index in [2.05, 4.69) is 10.3 Å². The van der Waals surface area contributed by atoms with E-state index in [0.29, 0.717) is 18.1 Å². The fraction of sp³-hybridized carbons (Fsp3) is 0.500. The van der Waals surface area contributed by atoms with Gasteiger partial charge in [-0.15, -0.1) is 0 Å². The highest BCUT2D eigenvalue weighted by molar-refractivity contribution is 7.84. The second-order valence-electron chi connectivity index (χ2n) is 3.75. The van der Waals surface area contributed by atoms with E-state index >= 15 is 0 Å². The standard InChI is InChI=1S/C10H15N3O3S/c1-7(17(3)16)6-11-10-5-4-9(13(14)15)8(2)12-10/h4-5,7H,6H2,1-3H3,(H,11,12). The minimum atomic E-state index is -0.900. The summed E-state index contributed by atoms with van der Waals surface area (Å²) in [6.07, 6.45) is 1.64. The number of hydrogen-bond donors (Lipinski definition) is 1. The van der Waals surface area contributed by atoms with Crippen LogP contribution in [0.25, 0.3) is 0 Å². The maximum atomic E-state index is 11.1. The van der Waals surface area contributed by atoms with Crippen molar-refractivity contribution in [1.29, 1.82) is 0 Å². The van der Waals surface area contributed by atoms with Crippen LogP contribution in [0.1, 0.15) is 12.6 Å². The quantitative estimate of drug-likeness (QED) is 0.638. The Balaban J connectivity index is 2.71. The van der Waals surface area contributed by atoms with Gasteiger partial charge in [-0.05, 0) is 19.9 Å². The van der Waals surface area contributed by atoms with E-state index in [0.717, 1.165) is 0 Å². The molecule has 0 aliphatic rings. The SMILES string of the molecule is Cc1nc(NCC(C)S(C)=O)ccc1[N+](=O)[O-]. The van der Waals surface area contributed by atoms with Crippen molar-refractivity contribution in [2.75, 3.05) is 18.1 Å². The van der Waals surface area contributed by atoms with Crippen LogP contribution in [-0.4, -0.2) is 32.2 Å². The second-order valence-corrected chi connectivity index (χ2v) is 5.55. The fourth-order valence-corrected chi connectivity index (χ4v) is 1.53. The van der Waals surface area contributed by atoms with Crippen molar-refractivity contribution in [2.24, 2.45) is 0 Å². The second kappa shape index (κ2) is 5.72. The summed E-state index contributed by atoms with van der Waals surface area (Å²) in [6, 6.07) is 2.97. The molecule has 1 heterocycles. The topological polar surface area (TPSA) is 85.1 Å². The monoisotopic (exact) mass is 257 g/mol. The van der Waals surface area contributed by atoms with Crippen LogP contribution in [0, 0.1) is 17.0 Å². The van der Waals surface area contributed by atoms with Crippen LogP contribution < -0.4 is 5.32 Å². The van der Waals surface area contributed by atoms with Gasteiger partial charge in [0.05, 0.1) is 4.92 Å². The van der Waals surface area contributed by atoms with Crippen LogP contribution in [0.3, 0.4) is 0 Å². The summed E-state index contributed by atoms with van der Waals surface area (Å²) in [7, 11) is -0.900. The smallest absolute Gasteiger partial charge is 0.290 e. The molecule has 1 rings (SSSR count). The van der Waals surface area contributed by atoms with Crippen molar-refractivity contribution in [3.05, 3.63) is 27.9 Å². The average molecular weight is 257 g/mol. The van der Waals surface area contributed by atoms with Gasteiger partial charge in [-0.3, -0.25) is 14.3 Å². The summed E-state index contributed by atoms with van der Waals surface area (Å²) in [5, 5.41) is 13.6. The third-order valence-corrected chi connectivity index (χ3v) is 3.69. The molecule has 1 aromatic rings. The fourth-order valence-electron chi connectivity index (χ4n) is 1.21. The molecule has 0 bridgehead atoms. The zero-order chi connectivity index (χ0) is 13.0. The molecule has 17 heavy (non-hydrogen) atoms. The number of anilines is 1. The Morgan fingerprint density at radius 3 is 2.71 bits per heavy atom. The van der Waals surface area contributed by atoms with E-state index in [1.165, 1.54) is 6.07 Å². The molecule has 0 aliphatic heterocycles. The molecule has 0 fully saturated rings. The van der Waals surface area contributed by atoms with Gasteiger partial charge in [0.15, 0.2) is 0 Å². The molecule has 0 amide bonds. The first-order valence-electron chi connectivity index (χ1n) is 5.10. The Hall–Kier alpha value is -1.50. The van der Waals surface area contributed by atoms with Gasteiger partial charge in [0.2, 0.25) is 0 Å². The lowest BCUT2D eigenvalue weighted by atomic mass is 10.3. The molecule has 0 saturated carbocycles. The summed E-state index contributed by atoms with van der Waals surface area (Å²) in [4.78, 5) is 14.2. The lowest BCUT2D eigenvalue weighted by Crippen LogP contribution is -2.21. The highest BCUT2D eigenvalue weighted by atomic mass is 32.2. The van der Waals surface area contributed by atoms with Crippen LogP contribution in [0.15, 0.2) is 12.1 Å². The van der Waals surface area contributed by atoms with Crippen molar-refractivity contribution in [1.82, 2.24) is 4.98 Å². The minimum absolute atomic E-state index is 0.00247. The first kappa shape index (κ1) is 13.6. The predicted molar refractivity (Wildman–Crippen MR) is 67.6 cm³/mol. The summed E-state index contributed by atoms with van der Waals surface area (Å²) in [5.41, 5.74) is 0.368. The van der Waals surface area contributed by atoms with Gasteiger partial charge in [0.25, 0.3) is 5.69 Å². The number of pyridine rings is 1. The number of aryl methyl sites for hydroxylation is 1. The molecule has 0 aliphatic carbocycles. The summed E-state index contributed by atoms with van der Waals surface area (Å²) >= 11 is 0. The highest BCUT2D eigenvalue weighted by Crippen LogP contribution is 2.17. The minimum Gasteiger partial charge on any atom is -0.369 e. The van der Waals surface area contributed by atoms with Crippen molar-refractivity contribution >= 4 is 22.3 Å². The van der Waals surface area contributed by atoms with Gasteiger partial charge in [0.1, 0.15) is 11.5 Å². The largest absolute Gasteiger partial charge is 0.369 e. The molecule has 94 valence electrons. The van der Waals surface area contributed by atoms with Crippen molar-refractivity contribution in [2.45, 2.75) is 19.1 Å². The Morgan fingerprint density at radius 2 is 2.24 bits per heavy atom. The van der Waals surface area contributed by atoms with Gasteiger partial charge in [-0.25, -0.2) is 4.98 Å². The lowest BCUT2D eigenvalue weighted by Gasteiger charge is -2.10. The van der Waals surface area contributed by atoms with Crippen molar-refractivity contribution in [3.8, 4) is 0 Å². The molecule has 0 radical (unpaired) electrons. The zero-order valence-corrected chi connectivity index (χ0v) is 10.8. The number of nitro groups is 1. The van der Waals surface area contributed by atoms with E-state index in [9.17, 15) is 14.3 Å². The third kappa shape index (κ3) is 3.77. The summed E-state index contributed by atoms with van der Waals surface area (Å²) in [5.74, 6) is 0.561. The summed E-state index contributed by atoms with van der Waals surface area (Å²) < 4.78 is 11.1. The first-order valence-corrected chi connectivity index (χ1v) is 6.72. The molecule has 6 nitrogen and oxygen atoms in total. The Bertz CT molecular complexity index is 450. The van der Waals surface area contributed by atoms with E-state index in [-0.39, 0.29) is 10.9 Å².